The number of hydrogen-bond donors (Lipinski definition) is 2. The Labute approximate surface area is 151 Å². The Kier molecular flexibility index (Phi) is 4.83. The van der Waals surface area contributed by atoms with Crippen LogP contribution in [0.25, 0.3) is 10.1 Å². The van der Waals surface area contributed by atoms with E-state index in [-0.39, 0.29) is 12.4 Å². The topological polar surface area (TPSA) is 58.2 Å². The van der Waals surface area contributed by atoms with E-state index >= 15 is 0 Å². The molecule has 1 aliphatic rings. The van der Waals surface area contributed by atoms with Crippen LogP contribution in [0.5, 0.6) is 0 Å². The van der Waals surface area contributed by atoms with E-state index in [1.807, 2.05) is 42.5 Å². The SMILES string of the molecule is Cl.O=S(=O)(Nc1ccc2c(c1)CNCC2)c1cc2ccccc2s1. The molecule has 2 heterocycles. The van der Waals surface area contributed by atoms with Gasteiger partial charge in [-0.1, -0.05) is 24.3 Å². The van der Waals surface area contributed by atoms with Gasteiger partial charge in [-0.15, -0.1) is 23.7 Å². The fourth-order valence-electron chi connectivity index (χ4n) is 2.84. The van der Waals surface area contributed by atoms with Crippen molar-refractivity contribution in [2.75, 3.05) is 11.3 Å². The van der Waals surface area contributed by atoms with E-state index in [1.165, 1.54) is 16.9 Å². The summed E-state index contributed by atoms with van der Waals surface area (Å²) in [6, 6.07) is 15.2. The second-order valence-corrected chi connectivity index (χ2v) is 8.61. The normalized spacial score (nSPS) is 14.0. The van der Waals surface area contributed by atoms with E-state index < -0.39 is 10.0 Å². The molecule has 4 rings (SSSR count). The first-order valence-corrected chi connectivity index (χ1v) is 9.76. The maximum atomic E-state index is 12.6. The summed E-state index contributed by atoms with van der Waals surface area (Å²) in [4.78, 5) is 0. The standard InChI is InChI=1S/C17H16N2O2S2.ClH/c20-23(21,17-10-13-3-1-2-4-16(13)22-17)19-15-6-5-12-7-8-18-11-14(12)9-15;/h1-6,9-10,18-19H,7-8,11H2;1H. The predicted octanol–water partition coefficient (Wildman–Crippen LogP) is 3.77. The molecule has 0 saturated carbocycles. The summed E-state index contributed by atoms with van der Waals surface area (Å²) >= 11 is 1.29. The molecule has 7 heteroatoms. The van der Waals surface area contributed by atoms with Crippen molar-refractivity contribution >= 4 is 49.5 Å². The zero-order valence-electron chi connectivity index (χ0n) is 12.8. The summed E-state index contributed by atoms with van der Waals surface area (Å²) in [6.07, 6.45) is 0.985. The van der Waals surface area contributed by atoms with Gasteiger partial charge in [0.05, 0.1) is 0 Å². The molecule has 3 aromatic rings. The Balaban J connectivity index is 0.00000169. The van der Waals surface area contributed by atoms with Gasteiger partial charge in [0, 0.05) is 16.9 Å². The lowest BCUT2D eigenvalue weighted by molar-refractivity contribution is 0.603. The summed E-state index contributed by atoms with van der Waals surface area (Å²) in [5.74, 6) is 0. The van der Waals surface area contributed by atoms with E-state index in [1.54, 1.807) is 6.07 Å². The minimum atomic E-state index is -3.55. The van der Waals surface area contributed by atoms with Crippen molar-refractivity contribution in [1.29, 1.82) is 0 Å². The third kappa shape index (κ3) is 3.28. The van der Waals surface area contributed by atoms with Crippen LogP contribution in [0, 0.1) is 0 Å². The zero-order valence-corrected chi connectivity index (χ0v) is 15.2. The van der Waals surface area contributed by atoms with Gasteiger partial charge in [0.1, 0.15) is 4.21 Å². The van der Waals surface area contributed by atoms with Crippen LogP contribution in [0.2, 0.25) is 0 Å². The Hall–Kier alpha value is -1.60. The minimum absolute atomic E-state index is 0. The highest BCUT2D eigenvalue weighted by Crippen LogP contribution is 2.30. The van der Waals surface area contributed by atoms with Crippen molar-refractivity contribution in [3.8, 4) is 0 Å². The van der Waals surface area contributed by atoms with Crippen molar-refractivity contribution in [2.45, 2.75) is 17.2 Å². The lowest BCUT2D eigenvalue weighted by atomic mass is 10.0. The van der Waals surface area contributed by atoms with E-state index in [9.17, 15) is 8.42 Å². The van der Waals surface area contributed by atoms with Gasteiger partial charge in [0.25, 0.3) is 10.0 Å². The molecule has 2 N–H and O–H groups in total. The lowest BCUT2D eigenvalue weighted by Crippen LogP contribution is -2.23. The molecular formula is C17H17ClN2O2S2. The fourth-order valence-corrected chi connectivity index (χ4v) is 5.29. The van der Waals surface area contributed by atoms with Gasteiger partial charge in [0.2, 0.25) is 0 Å². The van der Waals surface area contributed by atoms with E-state index in [2.05, 4.69) is 10.0 Å². The summed E-state index contributed by atoms with van der Waals surface area (Å²) in [6.45, 7) is 1.76. The average molecular weight is 381 g/mol. The molecule has 0 spiro atoms. The first-order chi connectivity index (χ1) is 11.1. The molecule has 0 atom stereocenters. The van der Waals surface area contributed by atoms with Gasteiger partial charge in [-0.05, 0) is 53.7 Å². The molecule has 2 aromatic carbocycles. The van der Waals surface area contributed by atoms with Gasteiger partial charge < -0.3 is 5.32 Å². The highest BCUT2D eigenvalue weighted by atomic mass is 35.5. The zero-order chi connectivity index (χ0) is 15.9. The maximum absolute atomic E-state index is 12.6. The van der Waals surface area contributed by atoms with E-state index in [0.29, 0.717) is 9.90 Å². The largest absolute Gasteiger partial charge is 0.312 e. The summed E-state index contributed by atoms with van der Waals surface area (Å²) in [5.41, 5.74) is 3.06. The molecular weight excluding hydrogens is 364 g/mol. The van der Waals surface area contributed by atoms with Crippen LogP contribution in [0.15, 0.2) is 52.7 Å². The Morgan fingerprint density at radius 3 is 2.71 bits per heavy atom. The van der Waals surface area contributed by atoms with Crippen LogP contribution in [0.1, 0.15) is 11.1 Å². The number of hydrogen-bond acceptors (Lipinski definition) is 4. The Morgan fingerprint density at radius 2 is 1.88 bits per heavy atom. The molecule has 126 valence electrons. The van der Waals surface area contributed by atoms with Crippen LogP contribution < -0.4 is 10.0 Å². The molecule has 1 aromatic heterocycles. The van der Waals surface area contributed by atoms with Crippen LogP contribution in [0.4, 0.5) is 5.69 Å². The van der Waals surface area contributed by atoms with Crippen LogP contribution in [-0.2, 0) is 23.0 Å². The second-order valence-electron chi connectivity index (χ2n) is 5.62. The second kappa shape index (κ2) is 6.72. The highest BCUT2D eigenvalue weighted by molar-refractivity contribution is 7.94. The summed E-state index contributed by atoms with van der Waals surface area (Å²) in [5, 5.41) is 4.26. The van der Waals surface area contributed by atoms with Crippen molar-refractivity contribution in [1.82, 2.24) is 5.32 Å². The van der Waals surface area contributed by atoms with Gasteiger partial charge in [-0.2, -0.15) is 0 Å². The van der Waals surface area contributed by atoms with Gasteiger partial charge in [-0.25, -0.2) is 8.42 Å². The first-order valence-electron chi connectivity index (χ1n) is 7.46. The van der Waals surface area contributed by atoms with Crippen molar-refractivity contribution < 1.29 is 8.42 Å². The molecule has 0 saturated heterocycles. The molecule has 0 radical (unpaired) electrons. The van der Waals surface area contributed by atoms with Gasteiger partial charge >= 0.3 is 0 Å². The molecule has 24 heavy (non-hydrogen) atoms. The quantitative estimate of drug-likeness (QED) is 0.727. The molecule has 4 nitrogen and oxygen atoms in total. The molecule has 0 fully saturated rings. The monoisotopic (exact) mass is 380 g/mol. The predicted molar refractivity (Wildman–Crippen MR) is 102 cm³/mol. The molecule has 1 aliphatic heterocycles. The molecule has 0 unspecified atom stereocenters. The smallest absolute Gasteiger partial charge is 0.271 e. The van der Waals surface area contributed by atoms with E-state index in [4.69, 9.17) is 0 Å². The number of nitrogens with one attached hydrogen (secondary N) is 2. The van der Waals surface area contributed by atoms with Crippen molar-refractivity contribution in [3.63, 3.8) is 0 Å². The fraction of sp³-hybridized carbons (Fsp3) is 0.176. The van der Waals surface area contributed by atoms with Crippen LogP contribution in [0.3, 0.4) is 0 Å². The number of sulfonamides is 1. The number of fused-ring (bicyclic) bond motifs is 2. The van der Waals surface area contributed by atoms with E-state index in [0.717, 1.165) is 35.2 Å². The van der Waals surface area contributed by atoms with Gasteiger partial charge in [-0.3, -0.25) is 4.72 Å². The molecule has 0 aliphatic carbocycles. The number of benzene rings is 2. The number of rotatable bonds is 3. The number of anilines is 1. The lowest BCUT2D eigenvalue weighted by Gasteiger charge is -2.18. The molecule has 0 amide bonds. The summed E-state index contributed by atoms with van der Waals surface area (Å²) in [7, 11) is -3.55. The van der Waals surface area contributed by atoms with Crippen LogP contribution in [-0.4, -0.2) is 15.0 Å². The number of halogens is 1. The van der Waals surface area contributed by atoms with Crippen LogP contribution >= 0.6 is 23.7 Å². The van der Waals surface area contributed by atoms with Gasteiger partial charge in [0.15, 0.2) is 0 Å². The molecule has 0 bridgehead atoms. The highest BCUT2D eigenvalue weighted by Gasteiger charge is 2.18. The van der Waals surface area contributed by atoms with Crippen molar-refractivity contribution in [2.24, 2.45) is 0 Å². The third-order valence-corrected chi connectivity index (χ3v) is 6.98. The van der Waals surface area contributed by atoms with Crippen molar-refractivity contribution in [3.05, 3.63) is 59.7 Å². The Bertz CT molecular complexity index is 950. The maximum Gasteiger partial charge on any atom is 0.271 e. The Morgan fingerprint density at radius 1 is 1.04 bits per heavy atom. The minimum Gasteiger partial charge on any atom is -0.312 e. The number of thiophene rings is 1. The summed E-state index contributed by atoms with van der Waals surface area (Å²) < 4.78 is 29.3. The average Bonchev–Trinajstić information content (AvgIpc) is 2.99. The third-order valence-electron chi connectivity index (χ3n) is 4.01. The first kappa shape index (κ1) is 17.2.